The molecule has 0 saturated carbocycles. The molecule has 0 radical (unpaired) electrons. The Morgan fingerprint density at radius 1 is 0.750 bits per heavy atom. The van der Waals surface area contributed by atoms with E-state index in [1.165, 1.54) is 34.7 Å². The van der Waals surface area contributed by atoms with Gasteiger partial charge in [-0.3, -0.25) is 4.99 Å². The van der Waals surface area contributed by atoms with Crippen LogP contribution in [0.2, 0.25) is 0 Å². The zero-order valence-electron chi connectivity index (χ0n) is 15.8. The minimum Gasteiger partial charge on any atom is -0.350 e. The topological polar surface area (TPSA) is 15.6 Å². The number of nitrogens with zero attached hydrogens (tertiary/aromatic N) is 2. The van der Waals surface area contributed by atoms with Gasteiger partial charge < -0.3 is 4.90 Å². The van der Waals surface area contributed by atoms with E-state index < -0.39 is 0 Å². The second-order valence-electron chi connectivity index (χ2n) is 7.45. The van der Waals surface area contributed by atoms with Crippen molar-refractivity contribution in [2.75, 3.05) is 6.54 Å². The summed E-state index contributed by atoms with van der Waals surface area (Å²) in [5.41, 5.74) is 2.67. The highest BCUT2D eigenvalue weighted by atomic mass is 32.2. The standard InChI is InChI=1S/C25H24N2S/c1-4-11-19(12-5-1)23-24(20-13-6-2-7-14-20)27-18-10-17-22(25(27)26-23)28-21-15-8-3-9-16-21/h1-9,11-16,22-24H,10,17-18H2/t22?,23-,24+/m1/s1. The van der Waals surface area contributed by atoms with Gasteiger partial charge in [0.25, 0.3) is 0 Å². The Morgan fingerprint density at radius 2 is 1.36 bits per heavy atom. The van der Waals surface area contributed by atoms with Gasteiger partial charge in [-0.2, -0.15) is 0 Å². The van der Waals surface area contributed by atoms with Crippen LogP contribution in [0.5, 0.6) is 0 Å². The van der Waals surface area contributed by atoms with Crippen molar-refractivity contribution in [3.8, 4) is 0 Å². The lowest BCUT2D eigenvalue weighted by atomic mass is 9.93. The van der Waals surface area contributed by atoms with Crippen molar-refractivity contribution < 1.29 is 0 Å². The van der Waals surface area contributed by atoms with Crippen LogP contribution in [0.25, 0.3) is 0 Å². The summed E-state index contributed by atoms with van der Waals surface area (Å²) in [6.07, 6.45) is 2.41. The molecule has 3 aromatic rings. The van der Waals surface area contributed by atoms with Crippen LogP contribution in [0.15, 0.2) is 101 Å². The summed E-state index contributed by atoms with van der Waals surface area (Å²) in [5.74, 6) is 1.28. The highest BCUT2D eigenvalue weighted by molar-refractivity contribution is 8.00. The van der Waals surface area contributed by atoms with Gasteiger partial charge in [0.1, 0.15) is 11.9 Å². The molecule has 0 bridgehead atoms. The molecule has 3 aromatic carbocycles. The SMILES string of the molecule is c1ccc(SC2CCCN3C2=N[C@H](c2ccccc2)[C@@H]3c2ccccc2)cc1. The molecule has 0 aliphatic carbocycles. The fraction of sp³-hybridized carbons (Fsp3) is 0.240. The van der Waals surface area contributed by atoms with Gasteiger partial charge in [0.2, 0.25) is 0 Å². The molecule has 0 spiro atoms. The molecule has 2 heterocycles. The first-order chi connectivity index (χ1) is 13.9. The van der Waals surface area contributed by atoms with E-state index in [0.717, 1.165) is 6.54 Å². The maximum atomic E-state index is 5.34. The van der Waals surface area contributed by atoms with Gasteiger partial charge in [-0.1, -0.05) is 78.9 Å². The molecule has 3 atom stereocenters. The van der Waals surface area contributed by atoms with E-state index in [1.54, 1.807) is 0 Å². The molecule has 0 N–H and O–H groups in total. The highest BCUT2D eigenvalue weighted by Gasteiger charge is 2.42. The molecule has 2 aliphatic rings. The van der Waals surface area contributed by atoms with Crippen molar-refractivity contribution in [3.63, 3.8) is 0 Å². The molecule has 28 heavy (non-hydrogen) atoms. The van der Waals surface area contributed by atoms with Crippen LogP contribution in [0.4, 0.5) is 0 Å². The monoisotopic (exact) mass is 384 g/mol. The molecular formula is C25H24N2S. The van der Waals surface area contributed by atoms with Crippen molar-refractivity contribution in [2.45, 2.75) is 35.1 Å². The third-order valence-corrected chi connectivity index (χ3v) is 6.93. The Labute approximate surface area is 171 Å². The van der Waals surface area contributed by atoms with E-state index in [4.69, 9.17) is 4.99 Å². The first kappa shape index (κ1) is 17.6. The summed E-state index contributed by atoms with van der Waals surface area (Å²) in [6, 6.07) is 32.9. The van der Waals surface area contributed by atoms with Crippen LogP contribution in [0, 0.1) is 0 Å². The van der Waals surface area contributed by atoms with Crippen LogP contribution in [0.1, 0.15) is 36.1 Å². The molecule has 1 saturated heterocycles. The molecule has 2 aliphatic heterocycles. The maximum Gasteiger partial charge on any atom is 0.114 e. The van der Waals surface area contributed by atoms with Crippen LogP contribution < -0.4 is 0 Å². The van der Waals surface area contributed by atoms with Gasteiger partial charge in [0.15, 0.2) is 0 Å². The fourth-order valence-electron chi connectivity index (χ4n) is 4.39. The predicted molar refractivity (Wildman–Crippen MR) is 118 cm³/mol. The number of benzene rings is 3. The molecule has 140 valence electrons. The van der Waals surface area contributed by atoms with Gasteiger partial charge in [-0.25, -0.2) is 0 Å². The third-order valence-electron chi connectivity index (χ3n) is 5.66. The van der Waals surface area contributed by atoms with Gasteiger partial charge in [0, 0.05) is 11.4 Å². The average molecular weight is 385 g/mol. The summed E-state index contributed by atoms with van der Waals surface area (Å²) < 4.78 is 0. The molecule has 0 aromatic heterocycles. The number of rotatable bonds is 4. The Balaban J connectivity index is 1.53. The zero-order chi connectivity index (χ0) is 18.8. The minimum absolute atomic E-state index is 0.163. The smallest absolute Gasteiger partial charge is 0.114 e. The van der Waals surface area contributed by atoms with Gasteiger partial charge >= 0.3 is 0 Å². The summed E-state index contributed by atoms with van der Waals surface area (Å²) in [7, 11) is 0. The molecule has 1 fully saturated rings. The Bertz CT molecular complexity index is 940. The van der Waals surface area contributed by atoms with Crippen molar-refractivity contribution in [2.24, 2.45) is 4.99 Å². The largest absolute Gasteiger partial charge is 0.350 e. The van der Waals surface area contributed by atoms with Crippen LogP contribution in [-0.2, 0) is 0 Å². The average Bonchev–Trinajstić information content (AvgIpc) is 3.16. The van der Waals surface area contributed by atoms with Crippen molar-refractivity contribution in [1.29, 1.82) is 0 Å². The summed E-state index contributed by atoms with van der Waals surface area (Å²) in [6.45, 7) is 1.09. The number of hydrogen-bond donors (Lipinski definition) is 0. The first-order valence-corrected chi connectivity index (χ1v) is 10.9. The van der Waals surface area contributed by atoms with Crippen molar-refractivity contribution in [3.05, 3.63) is 102 Å². The fourth-order valence-corrected chi connectivity index (χ4v) is 5.62. The highest BCUT2D eigenvalue weighted by Crippen LogP contribution is 2.46. The van der Waals surface area contributed by atoms with E-state index in [0.29, 0.717) is 5.25 Å². The molecule has 2 nitrogen and oxygen atoms in total. The second-order valence-corrected chi connectivity index (χ2v) is 8.73. The van der Waals surface area contributed by atoms with Gasteiger partial charge in [-0.05, 0) is 36.1 Å². The first-order valence-electron chi connectivity index (χ1n) is 10.1. The molecule has 1 unspecified atom stereocenters. The summed E-state index contributed by atoms with van der Waals surface area (Å²) in [5, 5.41) is 0.427. The van der Waals surface area contributed by atoms with E-state index >= 15 is 0 Å². The predicted octanol–water partition coefficient (Wildman–Crippen LogP) is 6.14. The Kier molecular flexibility index (Phi) is 4.92. The third kappa shape index (κ3) is 3.35. The lowest BCUT2D eigenvalue weighted by molar-refractivity contribution is 0.288. The van der Waals surface area contributed by atoms with Crippen LogP contribution in [0.3, 0.4) is 0 Å². The quantitative estimate of drug-likeness (QED) is 0.537. The van der Waals surface area contributed by atoms with Crippen molar-refractivity contribution >= 4 is 17.6 Å². The lowest BCUT2D eigenvalue weighted by Crippen LogP contribution is -2.41. The van der Waals surface area contributed by atoms with Gasteiger partial charge in [0.05, 0.1) is 11.3 Å². The van der Waals surface area contributed by atoms with Crippen molar-refractivity contribution in [1.82, 2.24) is 4.90 Å². The number of aliphatic imine (C=N–C) groups is 1. The van der Waals surface area contributed by atoms with E-state index in [9.17, 15) is 0 Å². The zero-order valence-corrected chi connectivity index (χ0v) is 16.6. The van der Waals surface area contributed by atoms with E-state index in [1.807, 2.05) is 11.8 Å². The number of piperidine rings is 1. The number of thioether (sulfide) groups is 1. The van der Waals surface area contributed by atoms with E-state index in [-0.39, 0.29) is 12.1 Å². The number of hydrogen-bond acceptors (Lipinski definition) is 3. The molecule has 3 heteroatoms. The van der Waals surface area contributed by atoms with E-state index in [2.05, 4.69) is 95.9 Å². The molecule has 5 rings (SSSR count). The van der Waals surface area contributed by atoms with Crippen LogP contribution >= 0.6 is 11.8 Å². The number of amidine groups is 1. The summed E-state index contributed by atoms with van der Waals surface area (Å²) in [4.78, 5) is 9.25. The second kappa shape index (κ2) is 7.84. The normalized spacial score (nSPS) is 23.9. The Morgan fingerprint density at radius 3 is 2.04 bits per heavy atom. The minimum atomic E-state index is 0.163. The summed E-state index contributed by atoms with van der Waals surface area (Å²) >= 11 is 1.96. The Hall–Kier alpha value is -2.52. The lowest BCUT2D eigenvalue weighted by Gasteiger charge is -2.37. The molecule has 0 amide bonds. The molecular weight excluding hydrogens is 360 g/mol. The maximum absolute atomic E-state index is 5.34. The number of fused-ring (bicyclic) bond motifs is 1. The van der Waals surface area contributed by atoms with Crippen LogP contribution in [-0.4, -0.2) is 22.5 Å². The van der Waals surface area contributed by atoms with Gasteiger partial charge in [-0.15, -0.1) is 11.8 Å².